The Balaban J connectivity index is 1.38. The molecule has 32 heavy (non-hydrogen) atoms. The number of benzene rings is 2. The molecule has 2 bridgehead atoms. The molecule has 2 aromatic carbocycles. The van der Waals surface area contributed by atoms with Gasteiger partial charge in [-0.15, -0.1) is 11.8 Å². The third kappa shape index (κ3) is 3.44. The molecular formula is C25H23ClN2O2S2. The lowest BCUT2D eigenvalue weighted by Gasteiger charge is -2.40. The standard InChI is InChI=1S/C25H23ClN2O2S2/c26-17-10-8-14(9-11-17)20-21-15-6-7-16(12-15)22(21)31-24-23(20)32-25(30)28(24)13-19(29)27-18-4-2-1-3-5-18/h1-5,8-11,15-16,20-22H,6-7,12-13H2,(H,27,29)/t15?,16?,20-,21?,22?/m1/s1. The summed E-state index contributed by atoms with van der Waals surface area (Å²) in [7, 11) is 0. The SMILES string of the molecule is O=C(Cn1c2c(sc1=O)[C@H](c1ccc(Cl)cc1)C1C3CCC(C3)C1S2)Nc1ccccc1. The number of hydrogen-bond acceptors (Lipinski definition) is 4. The summed E-state index contributed by atoms with van der Waals surface area (Å²) in [6.07, 6.45) is 3.87. The molecule has 3 aliphatic rings. The molecule has 0 radical (unpaired) electrons. The van der Waals surface area contributed by atoms with Crippen molar-refractivity contribution in [3.05, 3.63) is 79.7 Å². The molecule has 2 fully saturated rings. The lowest BCUT2D eigenvalue weighted by Crippen LogP contribution is -2.34. The number of rotatable bonds is 4. The summed E-state index contributed by atoms with van der Waals surface area (Å²) in [4.78, 5) is 26.9. The number of thioether (sulfide) groups is 1. The van der Waals surface area contributed by atoms with Gasteiger partial charge in [0.25, 0.3) is 0 Å². The number of nitrogens with one attached hydrogen (secondary N) is 1. The van der Waals surface area contributed by atoms with Crippen molar-refractivity contribution < 1.29 is 4.79 Å². The van der Waals surface area contributed by atoms with Crippen LogP contribution < -0.4 is 10.2 Å². The van der Waals surface area contributed by atoms with Crippen LogP contribution in [-0.2, 0) is 11.3 Å². The van der Waals surface area contributed by atoms with Gasteiger partial charge in [-0.1, -0.05) is 53.3 Å². The number of halogens is 1. The summed E-state index contributed by atoms with van der Waals surface area (Å²) >= 11 is 9.36. The van der Waals surface area contributed by atoms with Gasteiger partial charge in [0.1, 0.15) is 6.54 Å². The summed E-state index contributed by atoms with van der Waals surface area (Å²) in [5.41, 5.74) is 1.98. The van der Waals surface area contributed by atoms with Crippen LogP contribution in [0.3, 0.4) is 0 Å². The van der Waals surface area contributed by atoms with Gasteiger partial charge in [0.2, 0.25) is 5.91 Å². The Labute approximate surface area is 200 Å². The van der Waals surface area contributed by atoms with E-state index in [0.29, 0.717) is 17.1 Å². The minimum Gasteiger partial charge on any atom is -0.325 e. The number of nitrogens with zero attached hydrogens (tertiary/aromatic N) is 1. The van der Waals surface area contributed by atoms with Crippen molar-refractivity contribution in [2.75, 3.05) is 5.32 Å². The highest BCUT2D eigenvalue weighted by atomic mass is 35.5. The fraction of sp³-hybridized carbons (Fsp3) is 0.360. The van der Waals surface area contributed by atoms with E-state index >= 15 is 0 Å². The van der Waals surface area contributed by atoms with Crippen LogP contribution in [0.25, 0.3) is 0 Å². The van der Waals surface area contributed by atoms with Crippen molar-refractivity contribution in [1.29, 1.82) is 0 Å². The zero-order valence-electron chi connectivity index (χ0n) is 17.4. The minimum absolute atomic E-state index is 0.0444. The van der Waals surface area contributed by atoms with E-state index in [9.17, 15) is 9.59 Å². The van der Waals surface area contributed by atoms with Crippen molar-refractivity contribution in [3.63, 3.8) is 0 Å². The predicted octanol–water partition coefficient (Wildman–Crippen LogP) is 5.85. The zero-order valence-corrected chi connectivity index (χ0v) is 19.8. The van der Waals surface area contributed by atoms with Crippen LogP contribution in [0.2, 0.25) is 5.02 Å². The lowest BCUT2D eigenvalue weighted by molar-refractivity contribution is -0.116. The van der Waals surface area contributed by atoms with E-state index in [2.05, 4.69) is 17.4 Å². The van der Waals surface area contributed by atoms with Crippen LogP contribution in [0.15, 0.2) is 64.4 Å². The third-order valence-corrected chi connectivity index (χ3v) is 10.4. The number of fused-ring (bicyclic) bond motifs is 6. The first kappa shape index (κ1) is 20.6. The van der Waals surface area contributed by atoms with Crippen LogP contribution in [0.1, 0.15) is 35.6 Å². The number of hydrogen-bond donors (Lipinski definition) is 1. The molecule has 1 N–H and O–H groups in total. The molecule has 2 saturated carbocycles. The topological polar surface area (TPSA) is 51.1 Å². The van der Waals surface area contributed by atoms with Gasteiger partial charge < -0.3 is 5.32 Å². The fourth-order valence-corrected chi connectivity index (χ4v) is 9.27. The van der Waals surface area contributed by atoms with Crippen molar-refractivity contribution >= 4 is 46.3 Å². The Morgan fingerprint density at radius 1 is 1.06 bits per heavy atom. The van der Waals surface area contributed by atoms with Crippen LogP contribution in [0.5, 0.6) is 0 Å². The third-order valence-electron chi connectivity index (χ3n) is 7.28. The zero-order chi connectivity index (χ0) is 21.8. The second-order valence-electron chi connectivity index (χ2n) is 9.06. The number of aromatic nitrogens is 1. The maximum absolute atomic E-state index is 13.1. The van der Waals surface area contributed by atoms with E-state index in [1.54, 1.807) is 4.57 Å². The summed E-state index contributed by atoms with van der Waals surface area (Å²) in [5.74, 6) is 2.02. The van der Waals surface area contributed by atoms with Crippen molar-refractivity contribution in [1.82, 2.24) is 4.57 Å². The molecule has 5 atom stereocenters. The highest BCUT2D eigenvalue weighted by molar-refractivity contribution is 8.00. The summed E-state index contributed by atoms with van der Waals surface area (Å²) in [6.45, 7) is 0.0470. The molecule has 3 aromatic rings. The minimum atomic E-state index is -0.169. The molecule has 4 nitrogen and oxygen atoms in total. The normalized spacial score (nSPS) is 27.7. The molecule has 7 heteroatoms. The van der Waals surface area contributed by atoms with E-state index in [0.717, 1.165) is 26.5 Å². The molecule has 1 amide bonds. The quantitative estimate of drug-likeness (QED) is 0.507. The highest BCUT2D eigenvalue weighted by Gasteiger charge is 2.55. The van der Waals surface area contributed by atoms with Gasteiger partial charge in [0.15, 0.2) is 0 Å². The van der Waals surface area contributed by atoms with Crippen LogP contribution >= 0.6 is 34.7 Å². The molecule has 1 aliphatic heterocycles. The second kappa shape index (κ2) is 8.08. The molecular weight excluding hydrogens is 460 g/mol. The Hall–Kier alpha value is -2.02. The lowest BCUT2D eigenvalue weighted by atomic mass is 9.75. The van der Waals surface area contributed by atoms with E-state index < -0.39 is 0 Å². The maximum atomic E-state index is 13.1. The maximum Gasteiger partial charge on any atom is 0.308 e. The van der Waals surface area contributed by atoms with Gasteiger partial charge >= 0.3 is 4.87 Å². The smallest absolute Gasteiger partial charge is 0.308 e. The van der Waals surface area contributed by atoms with E-state index in [1.165, 1.54) is 36.2 Å². The Bertz CT molecular complexity index is 1220. The number of para-hydroxylation sites is 1. The van der Waals surface area contributed by atoms with Crippen LogP contribution in [0, 0.1) is 17.8 Å². The van der Waals surface area contributed by atoms with Crippen LogP contribution in [0.4, 0.5) is 5.69 Å². The number of carbonyl (C=O) groups is 1. The monoisotopic (exact) mass is 482 g/mol. The summed E-state index contributed by atoms with van der Waals surface area (Å²) in [6, 6.07) is 17.5. The van der Waals surface area contributed by atoms with Gasteiger partial charge in [0.05, 0.1) is 5.03 Å². The molecule has 164 valence electrons. The average molecular weight is 483 g/mol. The Morgan fingerprint density at radius 3 is 2.59 bits per heavy atom. The van der Waals surface area contributed by atoms with Crippen LogP contribution in [-0.4, -0.2) is 15.7 Å². The van der Waals surface area contributed by atoms with Crippen molar-refractivity contribution in [2.24, 2.45) is 17.8 Å². The van der Waals surface area contributed by atoms with Gasteiger partial charge in [0, 0.05) is 26.8 Å². The number of thiazole rings is 1. The van der Waals surface area contributed by atoms with Crippen molar-refractivity contribution in [3.8, 4) is 0 Å². The first-order valence-electron chi connectivity index (χ1n) is 11.1. The predicted molar refractivity (Wildman–Crippen MR) is 131 cm³/mol. The number of carbonyl (C=O) groups excluding carboxylic acids is 1. The molecule has 4 unspecified atom stereocenters. The molecule has 2 aliphatic carbocycles. The molecule has 2 heterocycles. The second-order valence-corrected chi connectivity index (χ2v) is 11.7. The fourth-order valence-electron chi connectivity index (χ4n) is 6.00. The number of amides is 1. The molecule has 0 spiro atoms. The highest BCUT2D eigenvalue weighted by Crippen LogP contribution is 2.64. The number of anilines is 1. The Morgan fingerprint density at radius 2 is 1.81 bits per heavy atom. The summed E-state index contributed by atoms with van der Waals surface area (Å²) in [5, 5.41) is 5.16. The Kier molecular flexibility index (Phi) is 5.20. The summed E-state index contributed by atoms with van der Waals surface area (Å²) < 4.78 is 1.70. The van der Waals surface area contributed by atoms with E-state index in [-0.39, 0.29) is 23.2 Å². The first-order chi connectivity index (χ1) is 15.6. The average Bonchev–Trinajstić information content (AvgIpc) is 3.48. The molecule has 1 aromatic heterocycles. The first-order valence-corrected chi connectivity index (χ1v) is 13.2. The van der Waals surface area contributed by atoms with Gasteiger partial charge in [-0.2, -0.15) is 0 Å². The van der Waals surface area contributed by atoms with Crippen molar-refractivity contribution in [2.45, 2.75) is 42.0 Å². The largest absolute Gasteiger partial charge is 0.325 e. The molecule has 6 rings (SSSR count). The van der Waals surface area contributed by atoms with E-state index in [1.807, 2.05) is 54.2 Å². The molecule has 0 saturated heterocycles. The van der Waals surface area contributed by atoms with Gasteiger partial charge in [-0.05, 0) is 66.8 Å². The van der Waals surface area contributed by atoms with Gasteiger partial charge in [-0.25, -0.2) is 0 Å². The van der Waals surface area contributed by atoms with E-state index in [4.69, 9.17) is 11.6 Å². The van der Waals surface area contributed by atoms with Gasteiger partial charge in [-0.3, -0.25) is 14.2 Å².